The van der Waals surface area contributed by atoms with Crippen molar-refractivity contribution in [1.82, 2.24) is 4.90 Å². The first-order chi connectivity index (χ1) is 15.9. The molecular weight excluding hydrogens is 573 g/mol. The van der Waals surface area contributed by atoms with Crippen LogP contribution in [-0.2, 0) is 11.3 Å². The molecule has 0 bridgehead atoms. The summed E-state index contributed by atoms with van der Waals surface area (Å²) in [5.41, 5.74) is 1.55. The van der Waals surface area contributed by atoms with Gasteiger partial charge in [-0.3, -0.25) is 14.5 Å². The van der Waals surface area contributed by atoms with E-state index in [4.69, 9.17) is 9.47 Å². The van der Waals surface area contributed by atoms with Gasteiger partial charge in [0.25, 0.3) is 11.1 Å². The normalized spacial score (nSPS) is 14.7. The molecule has 2 aromatic carbocycles. The molecule has 1 aliphatic rings. The lowest BCUT2D eigenvalue weighted by Crippen LogP contribution is -2.27. The fourth-order valence-electron chi connectivity index (χ4n) is 3.07. The molecule has 0 N–H and O–H groups in total. The van der Waals surface area contributed by atoms with Gasteiger partial charge in [0, 0.05) is 3.57 Å². The van der Waals surface area contributed by atoms with Crippen LogP contribution in [0.5, 0.6) is 11.5 Å². The maximum atomic E-state index is 12.9. The van der Waals surface area contributed by atoms with Crippen LogP contribution in [0.2, 0.25) is 0 Å². The number of thioether (sulfide) groups is 1. The zero-order valence-electron chi connectivity index (χ0n) is 17.4. The minimum atomic E-state index is -0.463. The number of esters is 1. The van der Waals surface area contributed by atoms with Crippen molar-refractivity contribution in [3.8, 4) is 11.5 Å². The Kier molecular flexibility index (Phi) is 7.51. The van der Waals surface area contributed by atoms with Crippen molar-refractivity contribution in [1.29, 1.82) is 0 Å². The van der Waals surface area contributed by atoms with Crippen LogP contribution in [0.4, 0.5) is 4.79 Å². The maximum absolute atomic E-state index is 12.9. The molecule has 3 aromatic rings. The number of amides is 2. The standard InChI is InChI=1S/C24H18INO5S2/c1-2-30-19-12-16(7-10-18(19)31-23(28)20-4-3-11-32-20)13-21-22(27)26(24(29)33-21)14-15-5-8-17(25)9-6-15/h3-13H,2,14H2,1H3/b21-13-. The molecule has 0 unspecified atom stereocenters. The number of rotatable bonds is 7. The summed E-state index contributed by atoms with van der Waals surface area (Å²) >= 11 is 4.40. The summed E-state index contributed by atoms with van der Waals surface area (Å²) in [5.74, 6) is -0.126. The van der Waals surface area contributed by atoms with E-state index in [1.165, 1.54) is 16.2 Å². The van der Waals surface area contributed by atoms with Crippen molar-refractivity contribution in [3.63, 3.8) is 0 Å². The summed E-state index contributed by atoms with van der Waals surface area (Å²) in [5, 5.41) is 1.49. The van der Waals surface area contributed by atoms with E-state index in [1.54, 1.807) is 41.8 Å². The molecule has 9 heteroatoms. The summed E-state index contributed by atoms with van der Waals surface area (Å²) in [6.07, 6.45) is 1.65. The van der Waals surface area contributed by atoms with Crippen LogP contribution in [0, 0.1) is 3.57 Å². The fourth-order valence-corrected chi connectivity index (χ4v) is 4.87. The molecule has 33 heavy (non-hydrogen) atoms. The number of benzene rings is 2. The molecule has 0 radical (unpaired) electrons. The molecule has 1 saturated heterocycles. The van der Waals surface area contributed by atoms with Crippen molar-refractivity contribution in [2.24, 2.45) is 0 Å². The molecule has 2 heterocycles. The van der Waals surface area contributed by atoms with Gasteiger partial charge in [0.1, 0.15) is 4.88 Å². The number of halogens is 1. The number of imide groups is 1. The van der Waals surface area contributed by atoms with Crippen molar-refractivity contribution in [3.05, 3.63) is 84.5 Å². The molecule has 0 aliphatic carbocycles. The Bertz CT molecular complexity index is 1220. The molecule has 2 amide bonds. The highest BCUT2D eigenvalue weighted by Crippen LogP contribution is 2.35. The van der Waals surface area contributed by atoms with Crippen molar-refractivity contribution in [2.75, 3.05) is 6.61 Å². The predicted molar refractivity (Wildman–Crippen MR) is 138 cm³/mol. The van der Waals surface area contributed by atoms with Gasteiger partial charge in [0.05, 0.1) is 18.1 Å². The number of nitrogens with zero attached hydrogens (tertiary/aromatic N) is 1. The molecule has 4 rings (SSSR count). The number of thiophene rings is 1. The zero-order valence-corrected chi connectivity index (χ0v) is 21.2. The van der Waals surface area contributed by atoms with Gasteiger partial charge in [-0.25, -0.2) is 4.79 Å². The summed E-state index contributed by atoms with van der Waals surface area (Å²) in [4.78, 5) is 39.7. The highest BCUT2D eigenvalue weighted by atomic mass is 127. The molecule has 0 spiro atoms. The predicted octanol–water partition coefficient (Wildman–Crippen LogP) is 6.21. The van der Waals surface area contributed by atoms with Gasteiger partial charge >= 0.3 is 5.97 Å². The topological polar surface area (TPSA) is 72.9 Å². The Morgan fingerprint density at radius 1 is 1.09 bits per heavy atom. The number of hydrogen-bond donors (Lipinski definition) is 0. The molecule has 6 nitrogen and oxygen atoms in total. The van der Waals surface area contributed by atoms with Crippen LogP contribution in [-0.4, -0.2) is 28.6 Å². The highest BCUT2D eigenvalue weighted by Gasteiger charge is 2.35. The quantitative estimate of drug-likeness (QED) is 0.141. The van der Waals surface area contributed by atoms with Crippen LogP contribution in [0.1, 0.15) is 27.7 Å². The lowest BCUT2D eigenvalue weighted by atomic mass is 10.1. The second-order valence-corrected chi connectivity index (χ2v) is 10.1. The third-order valence-electron chi connectivity index (χ3n) is 4.62. The summed E-state index contributed by atoms with van der Waals surface area (Å²) in [6, 6.07) is 16.2. The van der Waals surface area contributed by atoms with E-state index in [-0.39, 0.29) is 17.7 Å². The van der Waals surface area contributed by atoms with Gasteiger partial charge in [0.2, 0.25) is 0 Å². The first-order valence-corrected chi connectivity index (χ1v) is 12.7. The average Bonchev–Trinajstić information content (AvgIpc) is 3.42. The highest BCUT2D eigenvalue weighted by molar-refractivity contribution is 14.1. The summed E-state index contributed by atoms with van der Waals surface area (Å²) in [6.45, 7) is 2.42. The zero-order chi connectivity index (χ0) is 23.4. The van der Waals surface area contributed by atoms with Crippen molar-refractivity contribution < 1.29 is 23.9 Å². The lowest BCUT2D eigenvalue weighted by Gasteiger charge is -2.12. The van der Waals surface area contributed by atoms with E-state index >= 15 is 0 Å². The SMILES string of the molecule is CCOc1cc(/C=C2\SC(=O)N(Cc3ccc(I)cc3)C2=O)ccc1OC(=O)c1cccs1. The van der Waals surface area contributed by atoms with Crippen LogP contribution in [0.15, 0.2) is 64.9 Å². The molecule has 1 fully saturated rings. The minimum absolute atomic E-state index is 0.223. The van der Waals surface area contributed by atoms with E-state index in [9.17, 15) is 14.4 Å². The van der Waals surface area contributed by atoms with E-state index in [0.717, 1.165) is 20.9 Å². The van der Waals surface area contributed by atoms with E-state index in [1.807, 2.05) is 31.2 Å². The summed E-state index contributed by atoms with van der Waals surface area (Å²) in [7, 11) is 0. The van der Waals surface area contributed by atoms with Gasteiger partial charge in [-0.2, -0.15) is 0 Å². The second-order valence-electron chi connectivity index (χ2n) is 6.90. The third-order valence-corrected chi connectivity index (χ3v) is 7.09. The largest absolute Gasteiger partial charge is 0.490 e. The number of carbonyl (C=O) groups is 3. The molecule has 0 atom stereocenters. The molecule has 168 valence electrons. The van der Waals surface area contributed by atoms with Crippen molar-refractivity contribution >= 4 is 68.9 Å². The lowest BCUT2D eigenvalue weighted by molar-refractivity contribution is -0.123. The van der Waals surface area contributed by atoms with Crippen molar-refractivity contribution in [2.45, 2.75) is 13.5 Å². The fraction of sp³-hybridized carbons (Fsp3) is 0.125. The van der Waals surface area contributed by atoms with Crippen LogP contribution >= 0.6 is 45.7 Å². The molecule has 0 saturated carbocycles. The molecule has 1 aromatic heterocycles. The average molecular weight is 591 g/mol. The van der Waals surface area contributed by atoms with E-state index in [0.29, 0.717) is 33.5 Å². The van der Waals surface area contributed by atoms with Gasteiger partial charge in [-0.15, -0.1) is 11.3 Å². The Balaban J connectivity index is 1.53. The van der Waals surface area contributed by atoms with Crippen LogP contribution in [0.25, 0.3) is 6.08 Å². The Labute approximate surface area is 212 Å². The first kappa shape index (κ1) is 23.5. The van der Waals surface area contributed by atoms with Gasteiger partial charge in [0.15, 0.2) is 11.5 Å². The molecular formula is C24H18INO5S2. The smallest absolute Gasteiger partial charge is 0.353 e. The monoisotopic (exact) mass is 591 g/mol. The molecule has 1 aliphatic heterocycles. The third kappa shape index (κ3) is 5.66. The maximum Gasteiger partial charge on any atom is 0.353 e. The van der Waals surface area contributed by atoms with Gasteiger partial charge < -0.3 is 9.47 Å². The van der Waals surface area contributed by atoms with Gasteiger partial charge in [-0.05, 0) is 94.2 Å². The number of carbonyl (C=O) groups excluding carboxylic acids is 3. The van der Waals surface area contributed by atoms with Gasteiger partial charge in [-0.1, -0.05) is 24.3 Å². The second kappa shape index (κ2) is 10.5. The Hall–Kier alpha value is -2.63. The minimum Gasteiger partial charge on any atom is -0.490 e. The Morgan fingerprint density at radius 2 is 1.88 bits per heavy atom. The number of ether oxygens (including phenoxy) is 2. The summed E-state index contributed by atoms with van der Waals surface area (Å²) < 4.78 is 12.2. The van der Waals surface area contributed by atoms with E-state index in [2.05, 4.69) is 22.6 Å². The number of hydrogen-bond acceptors (Lipinski definition) is 7. The van der Waals surface area contributed by atoms with E-state index < -0.39 is 5.97 Å². The van der Waals surface area contributed by atoms with Crippen LogP contribution < -0.4 is 9.47 Å². The first-order valence-electron chi connectivity index (χ1n) is 9.97. The Morgan fingerprint density at radius 3 is 2.58 bits per heavy atom. The van der Waals surface area contributed by atoms with Crippen LogP contribution in [0.3, 0.4) is 0 Å².